The summed E-state index contributed by atoms with van der Waals surface area (Å²) in [5.41, 5.74) is 6.49. The molecule has 0 aliphatic heterocycles. The van der Waals surface area contributed by atoms with E-state index in [2.05, 4.69) is 6.07 Å². The molecule has 0 atom stereocenters. The number of halogens is 1. The van der Waals surface area contributed by atoms with Crippen molar-refractivity contribution in [2.75, 3.05) is 0 Å². The maximum Gasteiger partial charge on any atom is 2.00 e. The van der Waals surface area contributed by atoms with E-state index >= 15 is 0 Å². The van der Waals surface area contributed by atoms with Gasteiger partial charge in [0.1, 0.15) is 0 Å². The Labute approximate surface area is 83.6 Å². The Balaban J connectivity index is 0. The smallest absolute Gasteiger partial charge is 1.00 e. The minimum atomic E-state index is 0. The van der Waals surface area contributed by atoms with E-state index in [4.69, 9.17) is 5.73 Å². The number of rotatable bonds is 1. The minimum Gasteiger partial charge on any atom is -1.00 e. The van der Waals surface area contributed by atoms with Crippen molar-refractivity contribution in [2.24, 2.45) is 5.73 Å². The van der Waals surface area contributed by atoms with E-state index in [0.29, 0.717) is 6.54 Å². The third-order valence-corrected chi connectivity index (χ3v) is 1.02. The average Bonchev–Trinajstić information content (AvgIpc) is 1.90. The molecule has 2 N–H and O–H groups in total. The van der Waals surface area contributed by atoms with Crippen LogP contribution in [0.4, 0.5) is 0 Å². The fourth-order valence-electron chi connectivity index (χ4n) is 0.557. The quantitative estimate of drug-likeness (QED) is 0.364. The summed E-state index contributed by atoms with van der Waals surface area (Å²) >= 11 is 0. The maximum atomic E-state index is 5.34. The molecule has 0 aliphatic rings. The molecule has 1 aromatic carbocycles. The molecule has 0 unspecified atom stereocenters. The fourth-order valence-corrected chi connectivity index (χ4v) is 0.557. The first-order valence-electron chi connectivity index (χ1n) is 2.58. The van der Waals surface area contributed by atoms with E-state index in [1.54, 1.807) is 0 Å². The Morgan fingerprint density at radius 1 is 1.30 bits per heavy atom. The molecule has 0 saturated heterocycles. The molecule has 0 aliphatic carbocycles. The van der Waals surface area contributed by atoms with Gasteiger partial charge in [-0.3, -0.25) is 0 Å². The van der Waals surface area contributed by atoms with E-state index in [0.717, 1.165) is 5.56 Å². The standard InChI is InChI=1S/C7H8N.ClH.Mg/c8-6-7-4-2-1-3-5-7;;/h2-5H,6,8H2;1H;/q-1;;+2/p-1. The summed E-state index contributed by atoms with van der Waals surface area (Å²) in [7, 11) is 0. The van der Waals surface area contributed by atoms with Gasteiger partial charge >= 0.3 is 23.1 Å². The van der Waals surface area contributed by atoms with E-state index in [9.17, 15) is 0 Å². The molecule has 0 amide bonds. The third kappa shape index (κ3) is 4.12. The van der Waals surface area contributed by atoms with Gasteiger partial charge in [0.2, 0.25) is 0 Å². The molecule has 1 nitrogen and oxygen atoms in total. The van der Waals surface area contributed by atoms with Crippen LogP contribution in [0, 0.1) is 6.07 Å². The third-order valence-electron chi connectivity index (χ3n) is 1.02. The van der Waals surface area contributed by atoms with Crippen LogP contribution in [0.3, 0.4) is 0 Å². The van der Waals surface area contributed by atoms with Crippen molar-refractivity contribution in [2.45, 2.75) is 6.54 Å². The zero-order valence-electron chi connectivity index (χ0n) is 5.68. The minimum absolute atomic E-state index is 0. The Kier molecular flexibility index (Phi) is 9.45. The molecule has 0 saturated carbocycles. The molecule has 0 spiro atoms. The van der Waals surface area contributed by atoms with Gasteiger partial charge in [0, 0.05) is 0 Å². The van der Waals surface area contributed by atoms with Crippen molar-refractivity contribution in [1.82, 2.24) is 0 Å². The molecular weight excluding hydrogens is 158 g/mol. The summed E-state index contributed by atoms with van der Waals surface area (Å²) in [4.78, 5) is 0. The van der Waals surface area contributed by atoms with Crippen LogP contribution in [0.2, 0.25) is 0 Å². The number of benzene rings is 1. The first kappa shape index (κ1) is 12.9. The van der Waals surface area contributed by atoms with Crippen molar-refractivity contribution in [3.63, 3.8) is 0 Å². The second-order valence-corrected chi connectivity index (χ2v) is 1.61. The molecule has 0 bridgehead atoms. The van der Waals surface area contributed by atoms with Gasteiger partial charge in [0.15, 0.2) is 0 Å². The summed E-state index contributed by atoms with van der Waals surface area (Å²) in [5, 5.41) is 0. The fraction of sp³-hybridized carbons (Fsp3) is 0.143. The molecule has 0 heterocycles. The van der Waals surface area contributed by atoms with Crippen molar-refractivity contribution in [3.05, 3.63) is 35.9 Å². The van der Waals surface area contributed by atoms with Gasteiger partial charge in [-0.2, -0.15) is 30.3 Å². The SMILES string of the molecule is NCc1cc[c-]cc1.[Cl-].[Mg+2]. The largest absolute Gasteiger partial charge is 2.00 e. The summed E-state index contributed by atoms with van der Waals surface area (Å²) in [5.74, 6) is 0. The van der Waals surface area contributed by atoms with Crippen molar-refractivity contribution >= 4 is 23.1 Å². The van der Waals surface area contributed by atoms with Crippen LogP contribution in [0.25, 0.3) is 0 Å². The summed E-state index contributed by atoms with van der Waals surface area (Å²) in [6.45, 7) is 0.620. The van der Waals surface area contributed by atoms with Crippen LogP contribution in [0.15, 0.2) is 24.3 Å². The topological polar surface area (TPSA) is 26.0 Å². The van der Waals surface area contributed by atoms with Crippen molar-refractivity contribution in [1.29, 1.82) is 0 Å². The predicted molar refractivity (Wildman–Crippen MR) is 38.9 cm³/mol. The second-order valence-electron chi connectivity index (χ2n) is 1.61. The van der Waals surface area contributed by atoms with Gasteiger partial charge in [-0.15, -0.1) is 5.56 Å². The van der Waals surface area contributed by atoms with Gasteiger partial charge < -0.3 is 18.1 Å². The summed E-state index contributed by atoms with van der Waals surface area (Å²) in [6, 6.07) is 10.6. The normalized spacial score (nSPS) is 7.30. The van der Waals surface area contributed by atoms with Crippen molar-refractivity contribution in [3.8, 4) is 0 Å². The molecular formula is C7H8ClMgN. The monoisotopic (exact) mass is 165 g/mol. The molecule has 1 rings (SSSR count). The number of nitrogens with two attached hydrogens (primary N) is 1. The van der Waals surface area contributed by atoms with Crippen LogP contribution in [0.5, 0.6) is 0 Å². The molecule has 0 fully saturated rings. The first-order chi connectivity index (χ1) is 3.93. The Morgan fingerprint density at radius 3 is 2.10 bits per heavy atom. The molecule has 3 heteroatoms. The van der Waals surface area contributed by atoms with Gasteiger partial charge in [0.05, 0.1) is 0 Å². The summed E-state index contributed by atoms with van der Waals surface area (Å²) < 4.78 is 0. The second kappa shape index (κ2) is 7.34. The van der Waals surface area contributed by atoms with Gasteiger partial charge in [0.25, 0.3) is 0 Å². The number of hydrogen-bond acceptors (Lipinski definition) is 1. The van der Waals surface area contributed by atoms with Gasteiger partial charge in [-0.05, 0) is 6.54 Å². The van der Waals surface area contributed by atoms with E-state index in [-0.39, 0.29) is 35.5 Å². The van der Waals surface area contributed by atoms with Crippen LogP contribution in [-0.4, -0.2) is 23.1 Å². The van der Waals surface area contributed by atoms with Crippen LogP contribution in [0.1, 0.15) is 5.56 Å². The molecule has 0 radical (unpaired) electrons. The average molecular weight is 166 g/mol. The Hall–Kier alpha value is 0.236. The van der Waals surface area contributed by atoms with Crippen LogP contribution < -0.4 is 18.1 Å². The molecule has 10 heavy (non-hydrogen) atoms. The van der Waals surface area contributed by atoms with E-state index in [1.165, 1.54) is 0 Å². The zero-order valence-corrected chi connectivity index (χ0v) is 7.85. The Bertz CT molecular complexity index is 155. The zero-order chi connectivity index (χ0) is 5.82. The maximum absolute atomic E-state index is 5.34. The molecule has 1 aromatic rings. The van der Waals surface area contributed by atoms with Crippen LogP contribution >= 0.6 is 0 Å². The Morgan fingerprint density at radius 2 is 1.80 bits per heavy atom. The van der Waals surface area contributed by atoms with E-state index in [1.807, 2.05) is 24.3 Å². The number of hydrogen-bond donors (Lipinski definition) is 1. The molecule has 50 valence electrons. The first-order valence-corrected chi connectivity index (χ1v) is 2.58. The van der Waals surface area contributed by atoms with Crippen LogP contribution in [-0.2, 0) is 6.54 Å². The van der Waals surface area contributed by atoms with E-state index < -0.39 is 0 Å². The predicted octanol–water partition coefficient (Wildman–Crippen LogP) is -2.43. The summed E-state index contributed by atoms with van der Waals surface area (Å²) in [6.07, 6.45) is 0. The van der Waals surface area contributed by atoms with Crippen molar-refractivity contribution < 1.29 is 12.4 Å². The van der Waals surface area contributed by atoms with Gasteiger partial charge in [-0.1, -0.05) is 0 Å². The molecule has 0 aromatic heterocycles. The van der Waals surface area contributed by atoms with Gasteiger partial charge in [-0.25, -0.2) is 0 Å².